The molecule has 0 bridgehead atoms. The quantitative estimate of drug-likeness (QED) is 0.257. The predicted molar refractivity (Wildman–Crippen MR) is 141 cm³/mol. The molecule has 0 saturated carbocycles. The van der Waals surface area contributed by atoms with E-state index in [9.17, 15) is 0 Å². The van der Waals surface area contributed by atoms with E-state index in [-0.39, 0.29) is 0 Å². The Morgan fingerprint density at radius 3 is 1.11 bits per heavy atom. The normalized spacial score (nSPS) is 12.1. The number of hydrogen-bond donors (Lipinski definition) is 0. The van der Waals surface area contributed by atoms with E-state index in [1.807, 2.05) is 36.4 Å². The second kappa shape index (κ2) is 14.0. The molecular weight excluding hydrogens is 672 g/mol. The van der Waals surface area contributed by atoms with E-state index in [1.165, 1.54) is 19.3 Å². The van der Waals surface area contributed by atoms with Crippen LogP contribution in [-0.2, 0) is 0 Å². The van der Waals surface area contributed by atoms with Gasteiger partial charge in [0.2, 0.25) is 0 Å². The van der Waals surface area contributed by atoms with E-state index in [4.69, 9.17) is 40.0 Å². The van der Waals surface area contributed by atoms with Gasteiger partial charge in [-0.3, -0.25) is 0 Å². The third-order valence-corrected chi connectivity index (χ3v) is 31.0. The second-order valence-corrected chi connectivity index (χ2v) is 45.6. The molecule has 8 heteroatoms. The van der Waals surface area contributed by atoms with Crippen molar-refractivity contribution < 1.29 is 0 Å². The van der Waals surface area contributed by atoms with Gasteiger partial charge in [0, 0.05) is 0 Å². The van der Waals surface area contributed by atoms with Crippen LogP contribution in [0.1, 0.15) is 0 Å². The maximum atomic E-state index is 6.49. The van der Waals surface area contributed by atoms with Crippen LogP contribution in [0.15, 0.2) is 60.7 Å². The molecule has 0 aliphatic heterocycles. The Kier molecular flexibility index (Phi) is 13.9. The molecule has 0 amide bonds. The first-order chi connectivity index (χ1) is 13.0. The van der Waals surface area contributed by atoms with E-state index in [0.717, 1.165) is 10.5 Å². The fourth-order valence-electron chi connectivity index (χ4n) is 2.47. The number of hydrogen-bond acceptors (Lipinski definition) is 0. The first-order valence-corrected chi connectivity index (χ1v) is 36.9. The molecule has 0 fully saturated rings. The van der Waals surface area contributed by atoms with Crippen molar-refractivity contribution in [3.05, 3.63) is 60.7 Å². The standard InChI is InChI=1S/2C10H15Cl2Ge2/c2*1-13(2)8-9-14(11,12)10-6-4-3-5-7-10/h2*3-7H,8-9H2,1-2H3. The summed E-state index contributed by atoms with van der Waals surface area (Å²) in [4.78, 5) is 0. The molecule has 28 heavy (non-hydrogen) atoms. The minimum atomic E-state index is -2.67. The first kappa shape index (κ1) is 27.8. The number of benzene rings is 2. The first-order valence-electron chi connectivity index (χ1n) is 9.49. The van der Waals surface area contributed by atoms with Crippen molar-refractivity contribution in [2.75, 3.05) is 0 Å². The zero-order chi connectivity index (χ0) is 21.2. The molecule has 0 N–H and O–H groups in total. The van der Waals surface area contributed by atoms with E-state index in [1.54, 1.807) is 0 Å². The Morgan fingerprint density at radius 1 is 0.571 bits per heavy atom. The number of halogens is 4. The van der Waals surface area contributed by atoms with Crippen LogP contribution in [-0.4, -0.2) is 51.5 Å². The monoisotopic (exact) mass is 706 g/mol. The van der Waals surface area contributed by atoms with E-state index >= 15 is 0 Å². The Hall–Kier alpha value is 1.77. The Balaban J connectivity index is 0.000000280. The van der Waals surface area contributed by atoms with Gasteiger partial charge in [0.05, 0.1) is 0 Å². The summed E-state index contributed by atoms with van der Waals surface area (Å²) in [6.07, 6.45) is 0. The molecule has 2 aromatic rings. The Bertz CT molecular complexity index is 605. The van der Waals surface area contributed by atoms with Gasteiger partial charge >= 0.3 is 205 Å². The average Bonchev–Trinajstić information content (AvgIpc) is 2.67. The minimum absolute atomic E-state index is 0.755. The Labute approximate surface area is 202 Å². The van der Waals surface area contributed by atoms with Crippen LogP contribution in [0.25, 0.3) is 0 Å². The zero-order valence-corrected chi connectivity index (χ0v) is 28.5. The van der Waals surface area contributed by atoms with Crippen LogP contribution in [0.2, 0.25) is 44.0 Å². The molecule has 0 aliphatic carbocycles. The topological polar surface area (TPSA) is 0 Å². The molecule has 2 aromatic carbocycles. The van der Waals surface area contributed by atoms with Crippen LogP contribution in [0.3, 0.4) is 0 Å². The summed E-state index contributed by atoms with van der Waals surface area (Å²) in [6, 6.07) is 20.4. The molecule has 2 rings (SSSR count). The summed E-state index contributed by atoms with van der Waals surface area (Å²) in [5, 5.41) is 4.72. The summed E-state index contributed by atoms with van der Waals surface area (Å²) >= 11 is -6.85. The van der Waals surface area contributed by atoms with Gasteiger partial charge < -0.3 is 0 Å². The molecular formula is C20H30Cl4Ge4. The summed E-state index contributed by atoms with van der Waals surface area (Å²) in [5.41, 5.74) is 0. The van der Waals surface area contributed by atoms with Gasteiger partial charge in [0.15, 0.2) is 0 Å². The van der Waals surface area contributed by atoms with Crippen LogP contribution in [0, 0.1) is 0 Å². The van der Waals surface area contributed by atoms with Crippen LogP contribution < -0.4 is 8.79 Å². The van der Waals surface area contributed by atoms with Crippen molar-refractivity contribution in [3.8, 4) is 0 Å². The van der Waals surface area contributed by atoms with Crippen molar-refractivity contribution in [2.24, 2.45) is 0 Å². The van der Waals surface area contributed by atoms with Gasteiger partial charge in [-0.2, -0.15) is 0 Å². The average molecular weight is 703 g/mol. The maximum absolute atomic E-state index is 6.49. The third-order valence-electron chi connectivity index (χ3n) is 4.27. The predicted octanol–water partition coefficient (Wildman–Crippen LogP) is 7.14. The molecule has 0 unspecified atom stereocenters. The second-order valence-electron chi connectivity index (χ2n) is 7.56. The van der Waals surface area contributed by atoms with Gasteiger partial charge in [-0.15, -0.1) is 0 Å². The Morgan fingerprint density at radius 2 is 0.857 bits per heavy atom. The molecule has 0 aromatic heterocycles. The van der Waals surface area contributed by atoms with Gasteiger partial charge in [0.25, 0.3) is 0 Å². The van der Waals surface area contributed by atoms with Crippen molar-refractivity contribution >= 4 is 100 Å². The van der Waals surface area contributed by atoms with Crippen molar-refractivity contribution in [1.29, 1.82) is 0 Å². The summed E-state index contributed by atoms with van der Waals surface area (Å²) in [6.45, 7) is 0. The summed E-state index contributed by atoms with van der Waals surface area (Å²) in [7, 11) is 25.9. The molecule has 0 nitrogen and oxygen atoms in total. The van der Waals surface area contributed by atoms with Crippen LogP contribution in [0.4, 0.5) is 0 Å². The molecule has 0 saturated heterocycles. The number of rotatable bonds is 8. The van der Waals surface area contributed by atoms with Crippen molar-refractivity contribution in [1.82, 2.24) is 0 Å². The fraction of sp³-hybridized carbons (Fsp3) is 0.400. The molecule has 0 atom stereocenters. The van der Waals surface area contributed by atoms with Crippen LogP contribution in [0.5, 0.6) is 0 Å². The van der Waals surface area contributed by atoms with Gasteiger partial charge in [0.1, 0.15) is 0 Å². The van der Waals surface area contributed by atoms with Crippen molar-refractivity contribution in [3.63, 3.8) is 0 Å². The molecule has 2 radical (unpaired) electrons. The molecule has 0 heterocycles. The van der Waals surface area contributed by atoms with Gasteiger partial charge in [-0.25, -0.2) is 0 Å². The SMILES string of the molecule is [CH3][Ge]([CH3])[CH2][CH2][Ge]([Cl])([Cl])[c]1ccccc1.[CH3][Ge]([CH3])[CH2][CH2][Ge]([Cl])([Cl])[c]1ccccc1. The van der Waals surface area contributed by atoms with Gasteiger partial charge in [-0.1, -0.05) is 0 Å². The zero-order valence-electron chi connectivity index (χ0n) is 17.1. The molecule has 0 aliphatic rings. The van der Waals surface area contributed by atoms with E-state index in [0.29, 0.717) is 0 Å². The summed E-state index contributed by atoms with van der Waals surface area (Å²) < 4.78 is 2.41. The third kappa shape index (κ3) is 11.4. The van der Waals surface area contributed by atoms with Gasteiger partial charge in [-0.05, 0) is 0 Å². The van der Waals surface area contributed by atoms with E-state index < -0.39 is 51.5 Å². The summed E-state index contributed by atoms with van der Waals surface area (Å²) in [5.74, 6) is 9.49. The van der Waals surface area contributed by atoms with Crippen molar-refractivity contribution in [2.45, 2.75) is 44.0 Å². The van der Waals surface area contributed by atoms with Crippen LogP contribution >= 0.6 is 40.0 Å². The molecule has 154 valence electrons. The fourth-order valence-corrected chi connectivity index (χ4v) is 40.5. The molecule has 0 spiro atoms. The van der Waals surface area contributed by atoms with E-state index in [2.05, 4.69) is 47.3 Å².